The molecule has 0 rings (SSSR count). The number of Topliss-reactive ketones (excluding diaryl/α,β-unsaturated/α-hetero) is 1. The van der Waals surface area contributed by atoms with Crippen LogP contribution in [0.1, 0.15) is 78.6 Å². The van der Waals surface area contributed by atoms with E-state index in [0.29, 0.717) is 19.3 Å². The molecule has 0 radical (unpaired) electrons. The maximum Gasteiger partial charge on any atom is 0.339 e. The van der Waals surface area contributed by atoms with Crippen LogP contribution in [-0.2, 0) is 23.9 Å². The number of ether oxygens (including phenoxy) is 2. The molecule has 0 aromatic rings. The van der Waals surface area contributed by atoms with Gasteiger partial charge in [0.25, 0.3) is 0 Å². The van der Waals surface area contributed by atoms with Gasteiger partial charge in [-0.3, -0.25) is 9.59 Å². The Morgan fingerprint density at radius 3 is 1.92 bits per heavy atom. The fourth-order valence-electron chi connectivity index (χ4n) is 2.06. The highest BCUT2D eigenvalue weighted by molar-refractivity contribution is 5.92. The third-order valence-corrected chi connectivity index (χ3v) is 3.61. The fraction of sp³-hybridized carbons (Fsp3) is 0.833. The first-order chi connectivity index (χ1) is 11.4. The van der Waals surface area contributed by atoms with Crippen LogP contribution in [0.3, 0.4) is 0 Å². The first-order valence-corrected chi connectivity index (χ1v) is 8.96. The van der Waals surface area contributed by atoms with E-state index in [0.717, 1.165) is 19.3 Å². The highest BCUT2D eigenvalue weighted by Crippen LogP contribution is 2.21. The molecular weight excluding hydrogens is 312 g/mol. The summed E-state index contributed by atoms with van der Waals surface area (Å²) in [4.78, 5) is 36.0. The van der Waals surface area contributed by atoms with Gasteiger partial charge in [-0.05, 0) is 19.3 Å². The van der Waals surface area contributed by atoms with E-state index in [4.69, 9.17) is 9.47 Å². The van der Waals surface area contributed by atoms with Crippen LogP contribution in [0.4, 0.5) is 0 Å². The largest absolute Gasteiger partial charge is 0.466 e. The summed E-state index contributed by atoms with van der Waals surface area (Å²) in [5.41, 5.74) is -2.14. The molecule has 0 aliphatic rings. The van der Waals surface area contributed by atoms with Gasteiger partial charge in [0, 0.05) is 12.8 Å². The van der Waals surface area contributed by atoms with Gasteiger partial charge in [0.1, 0.15) is 5.78 Å². The maximum atomic E-state index is 12.2. The third-order valence-electron chi connectivity index (χ3n) is 3.61. The summed E-state index contributed by atoms with van der Waals surface area (Å²) in [6.07, 6.45) is 3.89. The zero-order chi connectivity index (χ0) is 18.4. The van der Waals surface area contributed by atoms with Crippen LogP contribution in [0, 0.1) is 0 Å². The topological polar surface area (TPSA) is 89.9 Å². The number of carbonyl (C=O) groups excluding carboxylic acids is 3. The van der Waals surface area contributed by atoms with Crippen molar-refractivity contribution in [2.24, 2.45) is 0 Å². The minimum absolute atomic E-state index is 0.158. The molecule has 0 fully saturated rings. The molecule has 0 aromatic carbocycles. The first kappa shape index (κ1) is 22.6. The van der Waals surface area contributed by atoms with E-state index < -0.39 is 30.4 Å². The average Bonchev–Trinajstić information content (AvgIpc) is 2.53. The second-order valence-electron chi connectivity index (χ2n) is 6.09. The van der Waals surface area contributed by atoms with Crippen molar-refractivity contribution in [1.29, 1.82) is 0 Å². The van der Waals surface area contributed by atoms with E-state index in [1.54, 1.807) is 0 Å². The summed E-state index contributed by atoms with van der Waals surface area (Å²) in [6, 6.07) is 0. The van der Waals surface area contributed by atoms with Gasteiger partial charge >= 0.3 is 11.9 Å². The summed E-state index contributed by atoms with van der Waals surface area (Å²) in [6.45, 7) is 6.25. The number of esters is 2. The lowest BCUT2D eigenvalue weighted by Gasteiger charge is -2.24. The van der Waals surface area contributed by atoms with Gasteiger partial charge in [0.15, 0.2) is 5.60 Å². The van der Waals surface area contributed by atoms with Crippen molar-refractivity contribution in [3.63, 3.8) is 0 Å². The Labute approximate surface area is 144 Å². The highest BCUT2D eigenvalue weighted by atomic mass is 16.6. The highest BCUT2D eigenvalue weighted by Gasteiger charge is 2.42. The normalized spacial score (nSPS) is 13.2. The van der Waals surface area contributed by atoms with Gasteiger partial charge in [-0.25, -0.2) is 4.79 Å². The molecule has 1 N–H and O–H groups in total. The van der Waals surface area contributed by atoms with Crippen molar-refractivity contribution in [3.05, 3.63) is 0 Å². The molecule has 0 saturated heterocycles. The number of aliphatic hydroxyl groups is 1. The molecule has 0 aliphatic heterocycles. The van der Waals surface area contributed by atoms with E-state index in [1.807, 2.05) is 20.8 Å². The van der Waals surface area contributed by atoms with Gasteiger partial charge in [-0.1, -0.05) is 40.0 Å². The summed E-state index contributed by atoms with van der Waals surface area (Å²) in [7, 11) is 0. The van der Waals surface area contributed by atoms with Crippen LogP contribution in [0.25, 0.3) is 0 Å². The van der Waals surface area contributed by atoms with Gasteiger partial charge in [-0.15, -0.1) is 0 Å². The molecule has 0 amide bonds. The SMILES string of the molecule is CCCCOC(=O)CC(O)(CC(=O)CCCC)C(=O)OCCCC. The lowest BCUT2D eigenvalue weighted by molar-refractivity contribution is -0.174. The number of hydrogen-bond acceptors (Lipinski definition) is 6. The molecule has 1 unspecified atom stereocenters. The van der Waals surface area contributed by atoms with Crippen LogP contribution in [0.2, 0.25) is 0 Å². The fourth-order valence-corrected chi connectivity index (χ4v) is 2.06. The van der Waals surface area contributed by atoms with Crippen molar-refractivity contribution < 1.29 is 29.0 Å². The number of ketones is 1. The molecule has 0 spiro atoms. The van der Waals surface area contributed by atoms with Crippen molar-refractivity contribution in [1.82, 2.24) is 0 Å². The van der Waals surface area contributed by atoms with Crippen LogP contribution >= 0.6 is 0 Å². The molecule has 0 aliphatic carbocycles. The van der Waals surface area contributed by atoms with E-state index in [-0.39, 0.29) is 25.4 Å². The van der Waals surface area contributed by atoms with E-state index in [2.05, 4.69) is 0 Å². The lowest BCUT2D eigenvalue weighted by atomic mass is 9.91. The van der Waals surface area contributed by atoms with E-state index in [1.165, 1.54) is 0 Å². The van der Waals surface area contributed by atoms with E-state index >= 15 is 0 Å². The quantitative estimate of drug-likeness (QED) is 0.385. The number of hydrogen-bond donors (Lipinski definition) is 1. The maximum absolute atomic E-state index is 12.2. The Kier molecular flexibility index (Phi) is 12.2. The van der Waals surface area contributed by atoms with Crippen LogP contribution in [0.15, 0.2) is 0 Å². The molecule has 6 heteroatoms. The summed E-state index contributed by atoms with van der Waals surface area (Å²) in [5, 5.41) is 10.6. The van der Waals surface area contributed by atoms with Gasteiger partial charge in [-0.2, -0.15) is 0 Å². The predicted octanol–water partition coefficient (Wildman–Crippen LogP) is 2.94. The lowest BCUT2D eigenvalue weighted by Crippen LogP contribution is -2.44. The minimum atomic E-state index is -2.14. The zero-order valence-corrected chi connectivity index (χ0v) is 15.3. The van der Waals surface area contributed by atoms with Crippen molar-refractivity contribution in [3.8, 4) is 0 Å². The standard InChI is InChI=1S/C18H32O6/c1-4-7-10-15(19)13-18(22,17(21)24-12-9-6-3)14-16(20)23-11-8-5-2/h22H,4-14H2,1-3H3. The second kappa shape index (κ2) is 12.9. The molecule has 0 saturated carbocycles. The van der Waals surface area contributed by atoms with Gasteiger partial charge in [0.2, 0.25) is 0 Å². The van der Waals surface area contributed by atoms with Crippen molar-refractivity contribution >= 4 is 17.7 Å². The molecule has 24 heavy (non-hydrogen) atoms. The third kappa shape index (κ3) is 9.65. The van der Waals surface area contributed by atoms with Crippen LogP contribution < -0.4 is 0 Å². The van der Waals surface area contributed by atoms with E-state index in [9.17, 15) is 19.5 Å². The molecule has 0 aromatic heterocycles. The Balaban J connectivity index is 4.81. The molecule has 0 heterocycles. The summed E-state index contributed by atoms with van der Waals surface area (Å²) >= 11 is 0. The van der Waals surface area contributed by atoms with Crippen LogP contribution in [0.5, 0.6) is 0 Å². The monoisotopic (exact) mass is 344 g/mol. The van der Waals surface area contributed by atoms with Gasteiger partial charge < -0.3 is 14.6 Å². The predicted molar refractivity (Wildman–Crippen MR) is 90.4 cm³/mol. The first-order valence-electron chi connectivity index (χ1n) is 8.96. The Bertz CT molecular complexity index is 393. The number of rotatable bonds is 14. The molecule has 6 nitrogen and oxygen atoms in total. The Morgan fingerprint density at radius 2 is 1.38 bits per heavy atom. The number of carbonyl (C=O) groups is 3. The smallest absolute Gasteiger partial charge is 0.339 e. The molecule has 1 atom stereocenters. The zero-order valence-electron chi connectivity index (χ0n) is 15.3. The van der Waals surface area contributed by atoms with Crippen molar-refractivity contribution in [2.45, 2.75) is 84.2 Å². The van der Waals surface area contributed by atoms with Gasteiger partial charge in [0.05, 0.1) is 19.6 Å². The summed E-state index contributed by atoms with van der Waals surface area (Å²) < 4.78 is 10.0. The Hall–Kier alpha value is -1.43. The van der Waals surface area contributed by atoms with Crippen molar-refractivity contribution in [2.75, 3.05) is 13.2 Å². The Morgan fingerprint density at radius 1 is 0.833 bits per heavy atom. The second-order valence-corrected chi connectivity index (χ2v) is 6.09. The molecule has 140 valence electrons. The summed E-state index contributed by atoms with van der Waals surface area (Å²) in [5.74, 6) is -1.87. The number of unbranched alkanes of at least 4 members (excludes halogenated alkanes) is 3. The minimum Gasteiger partial charge on any atom is -0.466 e. The molecular formula is C18H32O6. The average molecular weight is 344 g/mol. The molecule has 0 bridgehead atoms. The van der Waals surface area contributed by atoms with Crippen LogP contribution in [-0.4, -0.2) is 41.6 Å².